The smallest absolute Gasteiger partial charge is 0.0694 e. The molecule has 0 amide bonds. The van der Waals surface area contributed by atoms with Crippen molar-refractivity contribution in [2.75, 3.05) is 0 Å². The summed E-state index contributed by atoms with van der Waals surface area (Å²) in [6.45, 7) is 5.45. The van der Waals surface area contributed by atoms with Crippen molar-refractivity contribution in [1.82, 2.24) is 15.1 Å². The second-order valence-corrected chi connectivity index (χ2v) is 6.45. The molecule has 100 valence electrons. The van der Waals surface area contributed by atoms with Crippen LogP contribution in [0.15, 0.2) is 6.20 Å². The maximum atomic E-state index is 4.59. The highest BCUT2D eigenvalue weighted by atomic mass is 15.3. The van der Waals surface area contributed by atoms with E-state index in [1.54, 1.807) is 0 Å². The summed E-state index contributed by atoms with van der Waals surface area (Å²) in [7, 11) is 2.02. The first-order chi connectivity index (χ1) is 8.65. The largest absolute Gasteiger partial charge is 0.309 e. The van der Waals surface area contributed by atoms with E-state index in [4.69, 9.17) is 0 Å². The molecule has 1 N–H and O–H groups in total. The van der Waals surface area contributed by atoms with Crippen LogP contribution in [0.3, 0.4) is 0 Å². The van der Waals surface area contributed by atoms with Crippen LogP contribution < -0.4 is 5.32 Å². The van der Waals surface area contributed by atoms with Crippen molar-refractivity contribution >= 4 is 0 Å². The summed E-state index contributed by atoms with van der Waals surface area (Å²) in [6.07, 6.45) is 7.95. The molecule has 0 aromatic carbocycles. The van der Waals surface area contributed by atoms with Gasteiger partial charge in [-0.1, -0.05) is 13.8 Å². The Bertz CT molecular complexity index is 401. The molecule has 3 rings (SSSR count). The third kappa shape index (κ3) is 2.61. The third-order valence-electron chi connectivity index (χ3n) is 4.27. The minimum atomic E-state index is 0.517. The lowest BCUT2D eigenvalue weighted by atomic mass is 10.0. The molecular formula is C15H25N3. The molecule has 1 aromatic heterocycles. The van der Waals surface area contributed by atoms with Gasteiger partial charge in [-0.05, 0) is 43.4 Å². The summed E-state index contributed by atoms with van der Waals surface area (Å²) in [6, 6.07) is 0.783. The van der Waals surface area contributed by atoms with Gasteiger partial charge in [0.2, 0.25) is 0 Å². The number of nitrogens with one attached hydrogen (secondary N) is 1. The van der Waals surface area contributed by atoms with Gasteiger partial charge in [0.15, 0.2) is 0 Å². The van der Waals surface area contributed by atoms with Crippen LogP contribution in [-0.2, 0) is 13.6 Å². The van der Waals surface area contributed by atoms with Crippen LogP contribution in [0, 0.1) is 11.8 Å². The summed E-state index contributed by atoms with van der Waals surface area (Å²) < 4.78 is 1.95. The molecule has 0 bridgehead atoms. The Kier molecular flexibility index (Phi) is 3.18. The predicted octanol–water partition coefficient (Wildman–Crippen LogP) is 2.82. The van der Waals surface area contributed by atoms with Gasteiger partial charge in [0.25, 0.3) is 0 Å². The Morgan fingerprint density at radius 2 is 1.89 bits per heavy atom. The number of hydrogen-bond acceptors (Lipinski definition) is 2. The van der Waals surface area contributed by atoms with Gasteiger partial charge >= 0.3 is 0 Å². The zero-order valence-corrected chi connectivity index (χ0v) is 11.8. The minimum absolute atomic E-state index is 0.517. The fraction of sp³-hybridized carbons (Fsp3) is 0.800. The predicted molar refractivity (Wildman–Crippen MR) is 73.4 cm³/mol. The molecule has 2 aliphatic rings. The van der Waals surface area contributed by atoms with E-state index in [2.05, 4.69) is 30.5 Å². The first-order valence-electron chi connectivity index (χ1n) is 7.41. The maximum absolute atomic E-state index is 4.59. The SMILES string of the molecule is CC(C)c1nn(C)cc1CNC(C1CC1)C1CC1. The molecule has 0 saturated heterocycles. The number of aryl methyl sites for hydroxylation is 1. The standard InChI is InChI=1S/C15H25N3/c1-10(2)14-13(9-18(3)17-14)8-16-15(11-4-5-11)12-6-7-12/h9-12,15-16H,4-8H2,1-3H3. The highest BCUT2D eigenvalue weighted by Gasteiger charge is 2.41. The summed E-state index contributed by atoms with van der Waals surface area (Å²) in [5.74, 6) is 2.46. The fourth-order valence-electron chi connectivity index (χ4n) is 3.03. The van der Waals surface area contributed by atoms with Crippen LogP contribution in [0.4, 0.5) is 0 Å². The lowest BCUT2D eigenvalue weighted by Gasteiger charge is -2.17. The van der Waals surface area contributed by atoms with E-state index in [1.807, 2.05) is 11.7 Å². The average molecular weight is 247 g/mol. The molecule has 0 radical (unpaired) electrons. The minimum Gasteiger partial charge on any atom is -0.309 e. The fourth-order valence-corrected chi connectivity index (χ4v) is 3.03. The molecule has 1 aromatic rings. The van der Waals surface area contributed by atoms with Crippen molar-refractivity contribution < 1.29 is 0 Å². The number of nitrogens with zero attached hydrogens (tertiary/aromatic N) is 2. The Morgan fingerprint density at radius 1 is 1.28 bits per heavy atom. The summed E-state index contributed by atoms with van der Waals surface area (Å²) in [5, 5.41) is 8.40. The lowest BCUT2D eigenvalue weighted by Crippen LogP contribution is -2.32. The number of hydrogen-bond donors (Lipinski definition) is 1. The quantitative estimate of drug-likeness (QED) is 0.837. The number of rotatable bonds is 6. The van der Waals surface area contributed by atoms with Gasteiger partial charge in [-0.2, -0.15) is 5.10 Å². The Hall–Kier alpha value is -0.830. The van der Waals surface area contributed by atoms with E-state index >= 15 is 0 Å². The van der Waals surface area contributed by atoms with E-state index in [1.165, 1.54) is 36.9 Å². The van der Waals surface area contributed by atoms with Crippen LogP contribution in [0.2, 0.25) is 0 Å². The van der Waals surface area contributed by atoms with Crippen LogP contribution in [-0.4, -0.2) is 15.8 Å². The Morgan fingerprint density at radius 3 is 2.39 bits per heavy atom. The molecule has 3 nitrogen and oxygen atoms in total. The topological polar surface area (TPSA) is 29.9 Å². The van der Waals surface area contributed by atoms with Crippen molar-refractivity contribution in [3.8, 4) is 0 Å². The monoisotopic (exact) mass is 247 g/mol. The van der Waals surface area contributed by atoms with Crippen molar-refractivity contribution in [3.05, 3.63) is 17.5 Å². The summed E-state index contributed by atoms with van der Waals surface area (Å²) in [5.41, 5.74) is 2.65. The second kappa shape index (κ2) is 4.69. The maximum Gasteiger partial charge on any atom is 0.0694 e. The van der Waals surface area contributed by atoms with Gasteiger partial charge in [-0.3, -0.25) is 4.68 Å². The van der Waals surface area contributed by atoms with E-state index in [9.17, 15) is 0 Å². The Balaban J connectivity index is 1.64. The summed E-state index contributed by atoms with van der Waals surface area (Å²) in [4.78, 5) is 0. The zero-order chi connectivity index (χ0) is 12.7. The highest BCUT2D eigenvalue weighted by molar-refractivity contribution is 5.20. The lowest BCUT2D eigenvalue weighted by molar-refractivity contribution is 0.415. The van der Waals surface area contributed by atoms with Gasteiger partial charge < -0.3 is 5.32 Å². The van der Waals surface area contributed by atoms with Crippen LogP contribution in [0.5, 0.6) is 0 Å². The van der Waals surface area contributed by atoms with Gasteiger partial charge in [-0.15, -0.1) is 0 Å². The molecule has 3 heteroatoms. The molecule has 1 heterocycles. The summed E-state index contributed by atoms with van der Waals surface area (Å²) >= 11 is 0. The third-order valence-corrected chi connectivity index (χ3v) is 4.27. The Labute approximate surface area is 110 Å². The van der Waals surface area contributed by atoms with E-state index in [0.717, 1.165) is 24.4 Å². The van der Waals surface area contributed by atoms with E-state index in [0.29, 0.717) is 5.92 Å². The normalized spacial score (nSPS) is 20.1. The van der Waals surface area contributed by atoms with Crippen molar-refractivity contribution in [2.24, 2.45) is 18.9 Å². The molecule has 0 unspecified atom stereocenters. The van der Waals surface area contributed by atoms with Crippen molar-refractivity contribution in [3.63, 3.8) is 0 Å². The first-order valence-corrected chi connectivity index (χ1v) is 7.41. The van der Waals surface area contributed by atoms with Gasteiger partial charge in [0, 0.05) is 31.4 Å². The highest BCUT2D eigenvalue weighted by Crippen LogP contribution is 2.44. The van der Waals surface area contributed by atoms with E-state index < -0.39 is 0 Å². The van der Waals surface area contributed by atoms with Crippen LogP contribution in [0.1, 0.15) is 56.7 Å². The molecule has 2 aliphatic carbocycles. The molecule has 0 aliphatic heterocycles. The van der Waals surface area contributed by atoms with Gasteiger partial charge in [0.05, 0.1) is 5.69 Å². The van der Waals surface area contributed by atoms with Crippen molar-refractivity contribution in [1.29, 1.82) is 0 Å². The molecule has 0 atom stereocenters. The molecular weight excluding hydrogens is 222 g/mol. The first kappa shape index (κ1) is 12.2. The molecule has 18 heavy (non-hydrogen) atoms. The van der Waals surface area contributed by atoms with Crippen LogP contribution in [0.25, 0.3) is 0 Å². The van der Waals surface area contributed by atoms with Gasteiger partial charge in [-0.25, -0.2) is 0 Å². The van der Waals surface area contributed by atoms with Crippen LogP contribution >= 0.6 is 0 Å². The average Bonchev–Trinajstić information content (AvgIpc) is 3.19. The zero-order valence-electron chi connectivity index (χ0n) is 11.8. The molecule has 2 saturated carbocycles. The molecule has 0 spiro atoms. The van der Waals surface area contributed by atoms with Gasteiger partial charge in [0.1, 0.15) is 0 Å². The van der Waals surface area contributed by atoms with Crippen molar-refractivity contribution in [2.45, 2.75) is 58.0 Å². The number of aromatic nitrogens is 2. The second-order valence-electron chi connectivity index (χ2n) is 6.45. The van der Waals surface area contributed by atoms with E-state index in [-0.39, 0.29) is 0 Å². The molecule has 2 fully saturated rings.